The zero-order chi connectivity index (χ0) is 16.4. The summed E-state index contributed by atoms with van der Waals surface area (Å²) in [5, 5.41) is 2.74. The van der Waals surface area contributed by atoms with Gasteiger partial charge in [-0.25, -0.2) is 0 Å². The van der Waals surface area contributed by atoms with Crippen molar-refractivity contribution < 1.29 is 9.59 Å². The first-order valence-electron chi connectivity index (χ1n) is 8.11. The van der Waals surface area contributed by atoms with Gasteiger partial charge in [0.05, 0.1) is 0 Å². The van der Waals surface area contributed by atoms with Gasteiger partial charge in [-0.15, -0.1) is 0 Å². The van der Waals surface area contributed by atoms with Gasteiger partial charge in [0, 0.05) is 26.2 Å². The molecule has 0 radical (unpaired) electrons. The summed E-state index contributed by atoms with van der Waals surface area (Å²) >= 11 is 0. The molecule has 0 fully saturated rings. The first-order valence-corrected chi connectivity index (χ1v) is 8.11. The molecule has 0 atom stereocenters. The molecule has 2 amide bonds. The molecular weight excluding hydrogens is 266 g/mol. The van der Waals surface area contributed by atoms with E-state index in [1.54, 1.807) is 4.90 Å². The van der Waals surface area contributed by atoms with E-state index in [0.29, 0.717) is 31.5 Å². The zero-order valence-electron chi connectivity index (χ0n) is 14.6. The molecule has 21 heavy (non-hydrogen) atoms. The Kier molecular flexibility index (Phi) is 10.0. The molecule has 0 unspecified atom stereocenters. The Hall–Kier alpha value is -1.10. The maximum atomic E-state index is 12.2. The third-order valence-electron chi connectivity index (χ3n) is 3.26. The van der Waals surface area contributed by atoms with Gasteiger partial charge in [0.2, 0.25) is 0 Å². The molecule has 0 aromatic carbocycles. The fourth-order valence-corrected chi connectivity index (χ4v) is 2.21. The van der Waals surface area contributed by atoms with E-state index in [9.17, 15) is 9.59 Å². The highest BCUT2D eigenvalue weighted by molar-refractivity contribution is 6.35. The van der Waals surface area contributed by atoms with Crippen LogP contribution >= 0.6 is 0 Å². The number of carbonyl (C=O) groups is 2. The van der Waals surface area contributed by atoms with Crippen LogP contribution in [0.3, 0.4) is 0 Å². The second-order valence-electron chi connectivity index (χ2n) is 6.28. The maximum absolute atomic E-state index is 12.2. The SMILES string of the molecule is CCN(CC)CCNC(=O)C(=O)N(CC(C)C)CC(C)C. The van der Waals surface area contributed by atoms with E-state index in [2.05, 4.69) is 51.8 Å². The first-order chi connectivity index (χ1) is 9.81. The Morgan fingerprint density at radius 2 is 1.43 bits per heavy atom. The fraction of sp³-hybridized carbons (Fsp3) is 0.875. The van der Waals surface area contributed by atoms with Crippen LogP contribution in [0.5, 0.6) is 0 Å². The molecule has 0 aliphatic carbocycles. The molecule has 5 nitrogen and oxygen atoms in total. The fourth-order valence-electron chi connectivity index (χ4n) is 2.21. The molecule has 0 aliphatic rings. The van der Waals surface area contributed by atoms with Gasteiger partial charge in [-0.1, -0.05) is 41.5 Å². The Morgan fingerprint density at radius 3 is 1.81 bits per heavy atom. The van der Waals surface area contributed by atoms with Gasteiger partial charge in [-0.3, -0.25) is 9.59 Å². The summed E-state index contributed by atoms with van der Waals surface area (Å²) in [7, 11) is 0. The van der Waals surface area contributed by atoms with Gasteiger partial charge < -0.3 is 15.1 Å². The second-order valence-corrected chi connectivity index (χ2v) is 6.28. The van der Waals surface area contributed by atoms with Crippen LogP contribution in [-0.4, -0.2) is 60.9 Å². The molecule has 124 valence electrons. The summed E-state index contributed by atoms with van der Waals surface area (Å²) < 4.78 is 0. The molecule has 1 N–H and O–H groups in total. The molecule has 0 aromatic rings. The topological polar surface area (TPSA) is 52.7 Å². The van der Waals surface area contributed by atoms with Crippen LogP contribution in [-0.2, 0) is 9.59 Å². The second kappa shape index (κ2) is 10.6. The van der Waals surface area contributed by atoms with Gasteiger partial charge in [0.15, 0.2) is 0 Å². The molecule has 5 heteroatoms. The zero-order valence-corrected chi connectivity index (χ0v) is 14.6. The van der Waals surface area contributed by atoms with Crippen LogP contribution in [0.25, 0.3) is 0 Å². The third kappa shape index (κ3) is 8.71. The highest BCUT2D eigenvalue weighted by Crippen LogP contribution is 2.04. The Bertz CT molecular complexity index is 303. The number of carbonyl (C=O) groups excluding carboxylic acids is 2. The molecular formula is C16H33N3O2. The molecule has 0 heterocycles. The normalized spacial score (nSPS) is 11.3. The van der Waals surface area contributed by atoms with Crippen molar-refractivity contribution in [3.63, 3.8) is 0 Å². The quantitative estimate of drug-likeness (QED) is 0.658. The molecule has 0 rings (SSSR count). The van der Waals surface area contributed by atoms with E-state index in [4.69, 9.17) is 0 Å². The minimum atomic E-state index is -0.483. The van der Waals surface area contributed by atoms with Crippen molar-refractivity contribution in [1.82, 2.24) is 15.1 Å². The van der Waals surface area contributed by atoms with Crippen LogP contribution in [0.4, 0.5) is 0 Å². The Balaban J connectivity index is 4.38. The lowest BCUT2D eigenvalue weighted by molar-refractivity contribution is -0.146. The summed E-state index contributed by atoms with van der Waals surface area (Å²) in [5.41, 5.74) is 0. The van der Waals surface area contributed by atoms with Gasteiger partial charge in [0.1, 0.15) is 0 Å². The number of nitrogens with zero attached hydrogens (tertiary/aromatic N) is 2. The first kappa shape index (κ1) is 19.9. The third-order valence-corrected chi connectivity index (χ3v) is 3.26. The van der Waals surface area contributed by atoms with E-state index in [1.807, 2.05) is 0 Å². The molecule has 0 aliphatic heterocycles. The summed E-state index contributed by atoms with van der Waals surface area (Å²) in [5.74, 6) is -0.173. The van der Waals surface area contributed by atoms with Crippen molar-refractivity contribution in [2.45, 2.75) is 41.5 Å². The minimum absolute atomic E-state index is 0.358. The van der Waals surface area contributed by atoms with Crippen molar-refractivity contribution in [3.8, 4) is 0 Å². The number of hydrogen-bond acceptors (Lipinski definition) is 3. The average Bonchev–Trinajstić information content (AvgIpc) is 2.40. The van der Waals surface area contributed by atoms with Gasteiger partial charge in [0.25, 0.3) is 0 Å². The smallest absolute Gasteiger partial charge is 0.311 e. The number of hydrogen-bond donors (Lipinski definition) is 1. The Labute approximate surface area is 130 Å². The predicted octanol–water partition coefficient (Wildman–Crippen LogP) is 1.58. The van der Waals surface area contributed by atoms with E-state index in [0.717, 1.165) is 19.6 Å². The lowest BCUT2D eigenvalue weighted by Gasteiger charge is -2.26. The lowest BCUT2D eigenvalue weighted by atomic mass is 10.1. The summed E-state index contributed by atoms with van der Waals surface area (Å²) in [6.07, 6.45) is 0. The number of rotatable bonds is 9. The summed E-state index contributed by atoms with van der Waals surface area (Å²) in [6.45, 7) is 16.8. The number of nitrogens with one attached hydrogen (secondary N) is 1. The van der Waals surface area contributed by atoms with E-state index >= 15 is 0 Å². The number of amides is 2. The van der Waals surface area contributed by atoms with E-state index < -0.39 is 11.8 Å². The van der Waals surface area contributed by atoms with Crippen molar-refractivity contribution in [2.24, 2.45) is 11.8 Å². The number of likely N-dealkylation sites (N-methyl/N-ethyl adjacent to an activating group) is 1. The van der Waals surface area contributed by atoms with Crippen molar-refractivity contribution >= 4 is 11.8 Å². The van der Waals surface area contributed by atoms with E-state index in [1.165, 1.54) is 0 Å². The molecule has 0 aromatic heterocycles. The van der Waals surface area contributed by atoms with E-state index in [-0.39, 0.29) is 0 Å². The molecule has 0 saturated carbocycles. The van der Waals surface area contributed by atoms with Crippen LogP contribution in [0, 0.1) is 11.8 Å². The van der Waals surface area contributed by atoms with Crippen molar-refractivity contribution in [3.05, 3.63) is 0 Å². The lowest BCUT2D eigenvalue weighted by Crippen LogP contribution is -2.47. The van der Waals surface area contributed by atoms with Crippen LogP contribution in [0.2, 0.25) is 0 Å². The Morgan fingerprint density at radius 1 is 0.952 bits per heavy atom. The minimum Gasteiger partial charge on any atom is -0.347 e. The van der Waals surface area contributed by atoms with Crippen LogP contribution < -0.4 is 5.32 Å². The van der Waals surface area contributed by atoms with Crippen LogP contribution in [0.1, 0.15) is 41.5 Å². The largest absolute Gasteiger partial charge is 0.347 e. The standard InChI is InChI=1S/C16H33N3O2/c1-7-18(8-2)10-9-17-15(20)16(21)19(11-13(3)4)12-14(5)6/h13-14H,7-12H2,1-6H3,(H,17,20). The van der Waals surface area contributed by atoms with Crippen molar-refractivity contribution in [2.75, 3.05) is 39.3 Å². The average molecular weight is 299 g/mol. The summed E-state index contributed by atoms with van der Waals surface area (Å²) in [6, 6.07) is 0. The van der Waals surface area contributed by atoms with Crippen molar-refractivity contribution in [1.29, 1.82) is 0 Å². The predicted molar refractivity (Wildman–Crippen MR) is 87.1 cm³/mol. The highest BCUT2D eigenvalue weighted by Gasteiger charge is 2.22. The van der Waals surface area contributed by atoms with Gasteiger partial charge in [-0.05, 0) is 24.9 Å². The van der Waals surface area contributed by atoms with Crippen LogP contribution in [0.15, 0.2) is 0 Å². The van der Waals surface area contributed by atoms with Gasteiger partial charge in [-0.2, -0.15) is 0 Å². The monoisotopic (exact) mass is 299 g/mol. The highest BCUT2D eigenvalue weighted by atomic mass is 16.2. The van der Waals surface area contributed by atoms with Gasteiger partial charge >= 0.3 is 11.8 Å². The molecule has 0 saturated heterocycles. The summed E-state index contributed by atoms with van der Waals surface area (Å²) in [4.78, 5) is 28.1. The molecule has 0 spiro atoms. The molecule has 0 bridgehead atoms. The maximum Gasteiger partial charge on any atom is 0.311 e.